The second kappa shape index (κ2) is 6.12. The van der Waals surface area contributed by atoms with Crippen LogP contribution in [0.25, 0.3) is 0 Å². The molecule has 1 aromatic carbocycles. The topological polar surface area (TPSA) is 80.3 Å². The number of nitrogens with one attached hydrogen (secondary N) is 2. The van der Waals surface area contributed by atoms with E-state index in [0.29, 0.717) is 5.56 Å². The van der Waals surface area contributed by atoms with E-state index in [1.807, 2.05) is 19.1 Å². The molecule has 26 heavy (non-hydrogen) atoms. The van der Waals surface area contributed by atoms with Gasteiger partial charge in [-0.25, -0.2) is 9.78 Å². The second-order valence-corrected chi connectivity index (χ2v) is 7.03. The lowest BCUT2D eigenvalue weighted by molar-refractivity contribution is 0.0593. The van der Waals surface area contributed by atoms with Crippen molar-refractivity contribution in [2.24, 2.45) is 0 Å². The van der Waals surface area contributed by atoms with Crippen molar-refractivity contribution in [3.05, 3.63) is 58.9 Å². The van der Waals surface area contributed by atoms with Gasteiger partial charge in [0.2, 0.25) is 0 Å². The predicted molar refractivity (Wildman–Crippen MR) is 97.3 cm³/mol. The number of esters is 1. The highest BCUT2D eigenvalue weighted by molar-refractivity contribution is 6.01. The standard InChI is InChI=1S/C20H21N3O3/c1-12(13-6-7-16(21-10-13)19(25)26-2)23-18(24)14-4-3-5-15-17(14)22-11-20(15)8-9-20/h3-7,10,12,22H,8-9,11H2,1-2H3,(H,23,24). The van der Waals surface area contributed by atoms with Gasteiger partial charge in [0.1, 0.15) is 5.69 Å². The summed E-state index contributed by atoms with van der Waals surface area (Å²) in [7, 11) is 1.32. The van der Waals surface area contributed by atoms with Gasteiger partial charge in [-0.3, -0.25) is 4.79 Å². The number of carbonyl (C=O) groups excluding carboxylic acids is 2. The highest BCUT2D eigenvalue weighted by atomic mass is 16.5. The maximum absolute atomic E-state index is 12.8. The third-order valence-electron chi connectivity index (χ3n) is 5.37. The zero-order chi connectivity index (χ0) is 18.3. The third kappa shape index (κ3) is 2.71. The van der Waals surface area contributed by atoms with Crippen LogP contribution in [0, 0.1) is 0 Å². The van der Waals surface area contributed by atoms with E-state index < -0.39 is 5.97 Å². The Labute approximate surface area is 152 Å². The Balaban J connectivity index is 1.50. The Morgan fingerprint density at radius 1 is 1.27 bits per heavy atom. The van der Waals surface area contributed by atoms with Crippen molar-refractivity contribution in [1.29, 1.82) is 0 Å². The first kappa shape index (κ1) is 16.6. The lowest BCUT2D eigenvalue weighted by atomic mass is 9.96. The minimum Gasteiger partial charge on any atom is -0.464 e. The van der Waals surface area contributed by atoms with Crippen molar-refractivity contribution in [3.63, 3.8) is 0 Å². The van der Waals surface area contributed by atoms with E-state index in [0.717, 1.165) is 17.8 Å². The van der Waals surface area contributed by atoms with Gasteiger partial charge in [-0.2, -0.15) is 0 Å². The molecular weight excluding hydrogens is 330 g/mol. The van der Waals surface area contributed by atoms with Crippen LogP contribution in [0.15, 0.2) is 36.5 Å². The van der Waals surface area contributed by atoms with Crippen molar-refractivity contribution in [2.45, 2.75) is 31.2 Å². The van der Waals surface area contributed by atoms with E-state index in [2.05, 4.69) is 26.4 Å². The summed E-state index contributed by atoms with van der Waals surface area (Å²) in [4.78, 5) is 28.4. The molecule has 1 atom stereocenters. The number of hydrogen-bond donors (Lipinski definition) is 2. The van der Waals surface area contributed by atoms with Gasteiger partial charge in [0.25, 0.3) is 5.91 Å². The summed E-state index contributed by atoms with van der Waals surface area (Å²) >= 11 is 0. The first-order valence-corrected chi connectivity index (χ1v) is 8.76. The number of para-hydroxylation sites is 1. The Kier molecular flexibility index (Phi) is 3.90. The Morgan fingerprint density at radius 3 is 2.73 bits per heavy atom. The van der Waals surface area contributed by atoms with Gasteiger partial charge in [0, 0.05) is 18.2 Å². The van der Waals surface area contributed by atoms with Crippen LogP contribution in [-0.2, 0) is 10.2 Å². The SMILES string of the molecule is COC(=O)c1ccc(C(C)NC(=O)c2cccc3c2NCC32CC2)cn1. The molecule has 0 bridgehead atoms. The number of aromatic nitrogens is 1. The first-order valence-electron chi connectivity index (χ1n) is 8.76. The number of methoxy groups -OCH3 is 1. The Hall–Kier alpha value is -2.89. The zero-order valence-electron chi connectivity index (χ0n) is 14.8. The van der Waals surface area contributed by atoms with Crippen LogP contribution in [0.3, 0.4) is 0 Å². The number of amides is 1. The smallest absolute Gasteiger partial charge is 0.356 e. The molecule has 2 heterocycles. The van der Waals surface area contributed by atoms with Crippen LogP contribution in [-0.4, -0.2) is 30.5 Å². The number of hydrogen-bond acceptors (Lipinski definition) is 5. The van der Waals surface area contributed by atoms with Crippen LogP contribution in [0.4, 0.5) is 5.69 Å². The summed E-state index contributed by atoms with van der Waals surface area (Å²) in [5.74, 6) is -0.593. The van der Waals surface area contributed by atoms with Crippen molar-refractivity contribution >= 4 is 17.6 Å². The molecule has 2 aromatic rings. The fourth-order valence-corrected chi connectivity index (χ4v) is 3.57. The highest BCUT2D eigenvalue weighted by Crippen LogP contribution is 2.54. The zero-order valence-corrected chi connectivity index (χ0v) is 14.8. The molecule has 1 spiro atoms. The monoisotopic (exact) mass is 351 g/mol. The van der Waals surface area contributed by atoms with Crippen molar-refractivity contribution in [3.8, 4) is 0 Å². The van der Waals surface area contributed by atoms with Crippen LogP contribution in [0.5, 0.6) is 0 Å². The van der Waals surface area contributed by atoms with E-state index in [-0.39, 0.29) is 23.1 Å². The Morgan fingerprint density at radius 2 is 2.08 bits per heavy atom. The average molecular weight is 351 g/mol. The van der Waals surface area contributed by atoms with E-state index in [1.165, 1.54) is 25.5 Å². The third-order valence-corrected chi connectivity index (χ3v) is 5.37. The van der Waals surface area contributed by atoms with Crippen molar-refractivity contribution < 1.29 is 14.3 Å². The largest absolute Gasteiger partial charge is 0.464 e. The molecule has 0 saturated heterocycles. The van der Waals surface area contributed by atoms with Crippen molar-refractivity contribution in [1.82, 2.24) is 10.3 Å². The normalized spacial score (nSPS) is 17.2. The predicted octanol–water partition coefficient (Wildman–Crippen LogP) is 2.82. The lowest BCUT2D eigenvalue weighted by Gasteiger charge is -2.16. The fraction of sp³-hybridized carbons (Fsp3) is 0.350. The van der Waals surface area contributed by atoms with Gasteiger partial charge in [0.05, 0.1) is 24.4 Å². The number of carbonyl (C=O) groups is 2. The molecule has 4 rings (SSSR count). The number of pyridine rings is 1. The van der Waals surface area contributed by atoms with E-state index in [9.17, 15) is 9.59 Å². The summed E-state index contributed by atoms with van der Waals surface area (Å²) in [5.41, 5.74) is 4.23. The molecular formula is C20H21N3O3. The van der Waals surface area contributed by atoms with Gasteiger partial charge in [-0.05, 0) is 43.0 Å². The van der Waals surface area contributed by atoms with Gasteiger partial charge in [0.15, 0.2) is 0 Å². The molecule has 1 unspecified atom stereocenters. The molecule has 1 aliphatic heterocycles. The van der Waals surface area contributed by atoms with Crippen molar-refractivity contribution in [2.75, 3.05) is 19.0 Å². The molecule has 1 fully saturated rings. The summed E-state index contributed by atoms with van der Waals surface area (Å²) < 4.78 is 4.65. The highest BCUT2D eigenvalue weighted by Gasteiger charge is 2.49. The summed E-state index contributed by atoms with van der Waals surface area (Å²) in [6, 6.07) is 9.08. The second-order valence-electron chi connectivity index (χ2n) is 7.03. The quantitative estimate of drug-likeness (QED) is 0.828. The molecule has 1 aliphatic carbocycles. The van der Waals surface area contributed by atoms with Crippen LogP contribution in [0.1, 0.15) is 57.8 Å². The van der Waals surface area contributed by atoms with Crippen LogP contribution in [0.2, 0.25) is 0 Å². The van der Waals surface area contributed by atoms with E-state index in [1.54, 1.807) is 18.3 Å². The minimum atomic E-state index is -0.479. The maximum Gasteiger partial charge on any atom is 0.356 e. The fourth-order valence-electron chi connectivity index (χ4n) is 3.57. The number of anilines is 1. The number of benzene rings is 1. The van der Waals surface area contributed by atoms with Gasteiger partial charge in [-0.15, -0.1) is 0 Å². The minimum absolute atomic E-state index is 0.114. The molecule has 6 nitrogen and oxygen atoms in total. The molecule has 6 heteroatoms. The molecule has 0 radical (unpaired) electrons. The molecule has 2 aliphatic rings. The number of fused-ring (bicyclic) bond motifs is 2. The number of ether oxygens (including phenoxy) is 1. The molecule has 134 valence electrons. The van der Waals surface area contributed by atoms with Gasteiger partial charge >= 0.3 is 5.97 Å². The molecule has 1 saturated carbocycles. The summed E-state index contributed by atoms with van der Waals surface area (Å²) in [5, 5.41) is 6.43. The van der Waals surface area contributed by atoms with Crippen LogP contribution < -0.4 is 10.6 Å². The lowest BCUT2D eigenvalue weighted by Crippen LogP contribution is -2.27. The summed E-state index contributed by atoms with van der Waals surface area (Å²) in [6.07, 6.45) is 3.96. The first-order chi connectivity index (χ1) is 12.5. The van der Waals surface area contributed by atoms with E-state index in [4.69, 9.17) is 0 Å². The van der Waals surface area contributed by atoms with E-state index >= 15 is 0 Å². The number of nitrogens with zero attached hydrogens (tertiary/aromatic N) is 1. The number of rotatable bonds is 4. The Bertz CT molecular complexity index is 872. The summed E-state index contributed by atoms with van der Waals surface area (Å²) in [6.45, 7) is 2.81. The van der Waals surface area contributed by atoms with Gasteiger partial charge < -0.3 is 15.4 Å². The van der Waals surface area contributed by atoms with Crippen LogP contribution >= 0.6 is 0 Å². The molecule has 1 amide bonds. The average Bonchev–Trinajstić information content (AvgIpc) is 3.36. The molecule has 1 aromatic heterocycles. The van der Waals surface area contributed by atoms with Gasteiger partial charge in [-0.1, -0.05) is 18.2 Å². The molecule has 2 N–H and O–H groups in total. The maximum atomic E-state index is 12.8.